The van der Waals surface area contributed by atoms with Crippen LogP contribution in [-0.4, -0.2) is 21.0 Å². The van der Waals surface area contributed by atoms with Crippen LogP contribution in [0.5, 0.6) is 0 Å². The lowest BCUT2D eigenvalue weighted by atomic mass is 9.92. The van der Waals surface area contributed by atoms with E-state index in [1.54, 1.807) is 19.1 Å². The van der Waals surface area contributed by atoms with Crippen molar-refractivity contribution in [2.24, 2.45) is 0 Å². The van der Waals surface area contributed by atoms with Crippen LogP contribution in [0.25, 0.3) is 0 Å². The van der Waals surface area contributed by atoms with Crippen molar-refractivity contribution in [2.75, 3.05) is 0 Å². The van der Waals surface area contributed by atoms with Crippen LogP contribution < -0.4 is 0 Å². The van der Waals surface area contributed by atoms with Crippen LogP contribution in [0, 0.1) is 3.57 Å². The highest BCUT2D eigenvalue weighted by Gasteiger charge is 2.45. The molecule has 2 aromatic rings. The highest BCUT2D eigenvalue weighted by Crippen LogP contribution is 2.44. The largest absolute Gasteiger partial charge is 0.384 e. The molecular formula is C21H22INO3. The lowest BCUT2D eigenvalue weighted by Gasteiger charge is -2.38. The molecule has 2 atom stereocenters. The fraction of sp³-hybridized carbons (Fsp3) is 0.286. The zero-order chi connectivity index (χ0) is 19.2. The summed E-state index contributed by atoms with van der Waals surface area (Å²) in [6.45, 7) is 9.38. The summed E-state index contributed by atoms with van der Waals surface area (Å²) in [5, 5.41) is 21.3. The van der Waals surface area contributed by atoms with Crippen molar-refractivity contribution >= 4 is 28.5 Å². The van der Waals surface area contributed by atoms with Gasteiger partial charge in [0.1, 0.15) is 0 Å². The molecule has 0 spiro atoms. The fourth-order valence-corrected chi connectivity index (χ4v) is 4.34. The Morgan fingerprint density at radius 1 is 1.27 bits per heavy atom. The minimum absolute atomic E-state index is 0.206. The minimum atomic E-state index is -1.07. The molecule has 3 rings (SSSR count). The number of amides is 1. The van der Waals surface area contributed by atoms with E-state index < -0.39 is 17.9 Å². The second kappa shape index (κ2) is 6.79. The van der Waals surface area contributed by atoms with Gasteiger partial charge >= 0.3 is 0 Å². The molecule has 5 heteroatoms. The normalized spacial score (nSPS) is 18.0. The lowest BCUT2D eigenvalue weighted by molar-refractivity contribution is -0.0305. The lowest BCUT2D eigenvalue weighted by Crippen LogP contribution is -2.44. The maximum absolute atomic E-state index is 13.1. The van der Waals surface area contributed by atoms with Crippen LogP contribution in [0.3, 0.4) is 0 Å². The van der Waals surface area contributed by atoms with Gasteiger partial charge in [0.15, 0.2) is 6.23 Å². The van der Waals surface area contributed by atoms with E-state index in [2.05, 4.69) is 29.2 Å². The van der Waals surface area contributed by atoms with E-state index >= 15 is 0 Å². The number of halogens is 1. The van der Waals surface area contributed by atoms with E-state index in [0.29, 0.717) is 25.8 Å². The molecule has 0 bridgehead atoms. The molecule has 26 heavy (non-hydrogen) atoms. The van der Waals surface area contributed by atoms with Gasteiger partial charge in [-0.3, -0.25) is 9.69 Å². The van der Waals surface area contributed by atoms with Crippen molar-refractivity contribution < 1.29 is 15.0 Å². The van der Waals surface area contributed by atoms with E-state index in [1.165, 1.54) is 4.90 Å². The first kappa shape index (κ1) is 19.1. The third-order valence-electron chi connectivity index (χ3n) is 4.96. The number of fused-ring (bicyclic) bond motifs is 1. The zero-order valence-corrected chi connectivity index (χ0v) is 17.2. The third-order valence-corrected chi connectivity index (χ3v) is 5.81. The second-order valence-electron chi connectivity index (χ2n) is 7.19. The van der Waals surface area contributed by atoms with E-state index in [-0.39, 0.29) is 5.91 Å². The van der Waals surface area contributed by atoms with Gasteiger partial charge in [-0.2, -0.15) is 0 Å². The smallest absolute Gasteiger partial charge is 0.258 e. The van der Waals surface area contributed by atoms with Crippen LogP contribution >= 0.6 is 22.6 Å². The van der Waals surface area contributed by atoms with Gasteiger partial charge in [0.25, 0.3) is 5.91 Å². The molecule has 0 aromatic heterocycles. The van der Waals surface area contributed by atoms with Crippen molar-refractivity contribution in [1.29, 1.82) is 0 Å². The Bertz CT molecular complexity index is 876. The first-order valence-corrected chi connectivity index (χ1v) is 9.48. The van der Waals surface area contributed by atoms with Gasteiger partial charge in [-0.25, -0.2) is 0 Å². The molecule has 1 amide bonds. The number of benzene rings is 2. The SMILES string of the molecule is C=C(C)C(O)c1cc(I)c2c(c1)C(O)N(C(C)(C)c1ccccc1)C2=O. The number of aliphatic hydroxyl groups excluding tert-OH is 2. The number of aliphatic hydroxyl groups is 2. The molecule has 0 aliphatic carbocycles. The van der Waals surface area contributed by atoms with Crippen LogP contribution in [0.15, 0.2) is 54.6 Å². The standard InChI is InChI=1S/C21H22INO3/c1-12(2)18(24)13-10-15-17(16(22)11-13)20(26)23(19(15)25)21(3,4)14-8-6-5-7-9-14/h5-11,18-19,24-25H,1H2,2-4H3. The molecule has 2 aromatic carbocycles. The van der Waals surface area contributed by atoms with Gasteiger partial charge in [0.2, 0.25) is 0 Å². The van der Waals surface area contributed by atoms with Gasteiger partial charge in [0.05, 0.1) is 17.2 Å². The van der Waals surface area contributed by atoms with Crippen LogP contribution in [-0.2, 0) is 5.54 Å². The predicted molar refractivity (Wildman–Crippen MR) is 110 cm³/mol. The summed E-state index contributed by atoms with van der Waals surface area (Å²) in [6.07, 6.45) is -1.90. The Balaban J connectivity index is 2.09. The van der Waals surface area contributed by atoms with Gasteiger partial charge in [-0.1, -0.05) is 36.9 Å². The Hall–Kier alpha value is -1.70. The quantitative estimate of drug-likeness (QED) is 0.526. The average Bonchev–Trinajstić information content (AvgIpc) is 2.86. The molecule has 4 nitrogen and oxygen atoms in total. The number of nitrogens with zero attached hydrogens (tertiary/aromatic N) is 1. The van der Waals surface area contributed by atoms with Crippen molar-refractivity contribution in [3.8, 4) is 0 Å². The predicted octanol–water partition coefficient (Wildman–Crippen LogP) is 4.28. The van der Waals surface area contributed by atoms with E-state index in [0.717, 1.165) is 5.56 Å². The van der Waals surface area contributed by atoms with Crippen LogP contribution in [0.2, 0.25) is 0 Å². The van der Waals surface area contributed by atoms with E-state index in [1.807, 2.05) is 44.2 Å². The van der Waals surface area contributed by atoms with E-state index in [9.17, 15) is 15.0 Å². The molecular weight excluding hydrogens is 441 g/mol. The third kappa shape index (κ3) is 2.98. The minimum Gasteiger partial charge on any atom is -0.384 e. The molecule has 1 aliphatic rings. The van der Waals surface area contributed by atoms with Gasteiger partial charge in [0, 0.05) is 9.13 Å². The summed E-state index contributed by atoms with van der Waals surface area (Å²) in [5.74, 6) is -0.206. The van der Waals surface area contributed by atoms with E-state index in [4.69, 9.17) is 0 Å². The summed E-state index contributed by atoms with van der Waals surface area (Å²) < 4.78 is 0.714. The first-order valence-electron chi connectivity index (χ1n) is 8.40. The molecule has 0 fully saturated rings. The molecule has 0 saturated heterocycles. The Labute approximate surface area is 167 Å². The highest BCUT2D eigenvalue weighted by atomic mass is 127. The molecule has 1 aliphatic heterocycles. The Kier molecular flexibility index (Phi) is 4.98. The maximum Gasteiger partial charge on any atom is 0.258 e. The van der Waals surface area contributed by atoms with Crippen molar-refractivity contribution in [3.05, 3.63) is 80.4 Å². The molecule has 2 unspecified atom stereocenters. The van der Waals surface area contributed by atoms with Crippen LogP contribution in [0.4, 0.5) is 0 Å². The molecule has 1 heterocycles. The molecule has 2 N–H and O–H groups in total. The number of carbonyl (C=O) groups is 1. The zero-order valence-electron chi connectivity index (χ0n) is 15.0. The number of hydrogen-bond donors (Lipinski definition) is 2. The Morgan fingerprint density at radius 2 is 1.88 bits per heavy atom. The second-order valence-corrected chi connectivity index (χ2v) is 8.35. The highest BCUT2D eigenvalue weighted by molar-refractivity contribution is 14.1. The topological polar surface area (TPSA) is 60.8 Å². The number of carbonyl (C=O) groups excluding carboxylic acids is 1. The summed E-state index contributed by atoms with van der Waals surface area (Å²) in [5.41, 5.74) is 2.53. The average molecular weight is 463 g/mol. The Morgan fingerprint density at radius 3 is 2.46 bits per heavy atom. The molecule has 136 valence electrons. The number of hydrogen-bond acceptors (Lipinski definition) is 3. The summed E-state index contributed by atoms with van der Waals surface area (Å²) in [6, 6.07) is 13.1. The van der Waals surface area contributed by atoms with Crippen molar-refractivity contribution in [2.45, 2.75) is 38.6 Å². The maximum atomic E-state index is 13.1. The summed E-state index contributed by atoms with van der Waals surface area (Å²) >= 11 is 2.09. The first-order chi connectivity index (χ1) is 12.2. The van der Waals surface area contributed by atoms with Gasteiger partial charge in [-0.05, 0) is 72.2 Å². The monoisotopic (exact) mass is 463 g/mol. The van der Waals surface area contributed by atoms with Crippen molar-refractivity contribution in [1.82, 2.24) is 4.90 Å². The van der Waals surface area contributed by atoms with Gasteiger partial charge in [-0.15, -0.1) is 0 Å². The molecule has 0 radical (unpaired) electrons. The molecule has 0 saturated carbocycles. The van der Waals surface area contributed by atoms with Gasteiger partial charge < -0.3 is 10.2 Å². The summed E-state index contributed by atoms with van der Waals surface area (Å²) in [4.78, 5) is 14.7. The van der Waals surface area contributed by atoms with Crippen LogP contribution in [0.1, 0.15) is 60.2 Å². The summed E-state index contributed by atoms with van der Waals surface area (Å²) in [7, 11) is 0. The van der Waals surface area contributed by atoms with Crippen molar-refractivity contribution in [3.63, 3.8) is 0 Å². The number of rotatable bonds is 4. The fourth-order valence-electron chi connectivity index (χ4n) is 3.44.